The molecule has 0 saturated heterocycles. The second kappa shape index (κ2) is 7.97. The molecule has 1 aromatic carbocycles. The zero-order valence-corrected chi connectivity index (χ0v) is 15.6. The van der Waals surface area contributed by atoms with Gasteiger partial charge in [-0.2, -0.15) is 0 Å². The molecule has 4 rings (SSSR count). The Morgan fingerprint density at radius 2 is 1.76 bits per heavy atom. The fraction of sp³-hybridized carbons (Fsp3) is 0.143. The van der Waals surface area contributed by atoms with Crippen LogP contribution in [0.2, 0.25) is 0 Å². The Morgan fingerprint density at radius 1 is 1.00 bits per heavy atom. The molecule has 0 bridgehead atoms. The van der Waals surface area contributed by atoms with Crippen molar-refractivity contribution < 1.29 is 18.5 Å². The van der Waals surface area contributed by atoms with Gasteiger partial charge in [-0.1, -0.05) is 35.5 Å². The zero-order valence-electron chi connectivity index (χ0n) is 15.6. The van der Waals surface area contributed by atoms with Crippen LogP contribution in [0.4, 0.5) is 0 Å². The quantitative estimate of drug-likeness (QED) is 0.490. The minimum absolute atomic E-state index is 0.222. The molecular formula is C21H18N4O4. The summed E-state index contributed by atoms with van der Waals surface area (Å²) in [5.41, 5.74) is 2.79. The monoisotopic (exact) mass is 390 g/mol. The van der Waals surface area contributed by atoms with Gasteiger partial charge in [-0.05, 0) is 25.1 Å². The van der Waals surface area contributed by atoms with Crippen LogP contribution in [-0.4, -0.2) is 35.0 Å². The molecule has 2 amide bonds. The number of rotatable bonds is 6. The average molecular weight is 390 g/mol. The molecule has 3 heterocycles. The van der Waals surface area contributed by atoms with Crippen LogP contribution in [0.1, 0.15) is 26.6 Å². The number of nitrogens with zero attached hydrogens (tertiary/aromatic N) is 2. The van der Waals surface area contributed by atoms with Gasteiger partial charge in [0.1, 0.15) is 0 Å². The summed E-state index contributed by atoms with van der Waals surface area (Å²) in [6, 6.07) is 14.4. The normalized spacial score (nSPS) is 10.8. The highest BCUT2D eigenvalue weighted by molar-refractivity contribution is 6.07. The summed E-state index contributed by atoms with van der Waals surface area (Å²) in [6.07, 6.45) is 1.43. The third-order valence-corrected chi connectivity index (χ3v) is 4.37. The molecular weight excluding hydrogens is 372 g/mol. The van der Waals surface area contributed by atoms with Gasteiger partial charge in [0.2, 0.25) is 0 Å². The number of carbonyl (C=O) groups excluding carboxylic acids is 2. The molecule has 8 heteroatoms. The summed E-state index contributed by atoms with van der Waals surface area (Å²) < 4.78 is 10.3. The van der Waals surface area contributed by atoms with E-state index in [2.05, 4.69) is 20.8 Å². The van der Waals surface area contributed by atoms with Crippen molar-refractivity contribution >= 4 is 22.9 Å². The number of pyridine rings is 1. The lowest BCUT2D eigenvalue weighted by molar-refractivity contribution is 0.0911. The summed E-state index contributed by atoms with van der Waals surface area (Å²) in [5.74, 6) is -0.412. The first-order chi connectivity index (χ1) is 14.1. The highest BCUT2D eigenvalue weighted by atomic mass is 16.5. The number of aromatic nitrogens is 2. The van der Waals surface area contributed by atoms with Gasteiger partial charge >= 0.3 is 0 Å². The predicted molar refractivity (Wildman–Crippen MR) is 105 cm³/mol. The number of furan rings is 1. The van der Waals surface area contributed by atoms with Crippen molar-refractivity contribution in [2.75, 3.05) is 13.1 Å². The van der Waals surface area contributed by atoms with Gasteiger partial charge in [-0.15, -0.1) is 0 Å². The number of amides is 2. The molecule has 0 atom stereocenters. The minimum atomic E-state index is -0.336. The first-order valence-corrected chi connectivity index (χ1v) is 9.06. The Kier molecular flexibility index (Phi) is 5.07. The Balaban J connectivity index is 1.50. The molecule has 2 N–H and O–H groups in total. The maximum absolute atomic E-state index is 12.8. The number of fused-ring (bicyclic) bond motifs is 1. The van der Waals surface area contributed by atoms with E-state index in [1.807, 2.05) is 30.3 Å². The molecule has 0 unspecified atom stereocenters. The van der Waals surface area contributed by atoms with E-state index in [0.717, 1.165) is 5.56 Å². The van der Waals surface area contributed by atoms with E-state index in [1.54, 1.807) is 25.1 Å². The van der Waals surface area contributed by atoms with E-state index in [0.29, 0.717) is 28.1 Å². The van der Waals surface area contributed by atoms with Crippen molar-refractivity contribution in [2.24, 2.45) is 0 Å². The van der Waals surface area contributed by atoms with Crippen molar-refractivity contribution in [1.82, 2.24) is 20.8 Å². The molecule has 0 aliphatic heterocycles. The molecule has 0 spiro atoms. The van der Waals surface area contributed by atoms with E-state index >= 15 is 0 Å². The molecule has 146 valence electrons. The van der Waals surface area contributed by atoms with Crippen molar-refractivity contribution in [3.8, 4) is 11.3 Å². The number of benzene rings is 1. The van der Waals surface area contributed by atoms with Crippen molar-refractivity contribution in [3.63, 3.8) is 0 Å². The van der Waals surface area contributed by atoms with Crippen LogP contribution < -0.4 is 10.6 Å². The van der Waals surface area contributed by atoms with Gasteiger partial charge in [0.15, 0.2) is 5.76 Å². The molecule has 29 heavy (non-hydrogen) atoms. The fourth-order valence-corrected chi connectivity index (χ4v) is 2.97. The van der Waals surface area contributed by atoms with Crippen LogP contribution in [0, 0.1) is 6.92 Å². The highest BCUT2D eigenvalue weighted by Gasteiger charge is 2.19. The zero-order chi connectivity index (χ0) is 20.2. The third kappa shape index (κ3) is 3.86. The Labute approximate surface area is 165 Å². The molecule has 3 aromatic heterocycles. The van der Waals surface area contributed by atoms with Gasteiger partial charge < -0.3 is 19.6 Å². The SMILES string of the molecule is Cc1noc2nc(-c3ccccc3)cc(C(=O)NCCNC(=O)c3ccco3)c12. The number of aryl methyl sites for hydroxylation is 1. The maximum atomic E-state index is 12.8. The van der Waals surface area contributed by atoms with Crippen molar-refractivity contribution in [1.29, 1.82) is 0 Å². The Morgan fingerprint density at radius 3 is 2.48 bits per heavy atom. The van der Waals surface area contributed by atoms with Gasteiger partial charge in [0, 0.05) is 18.7 Å². The molecule has 0 aliphatic rings. The van der Waals surface area contributed by atoms with Crippen molar-refractivity contribution in [2.45, 2.75) is 6.92 Å². The molecule has 0 fully saturated rings. The number of nitrogens with one attached hydrogen (secondary N) is 2. The van der Waals surface area contributed by atoms with Crippen LogP contribution in [0.5, 0.6) is 0 Å². The molecule has 0 saturated carbocycles. The van der Waals surface area contributed by atoms with Gasteiger partial charge in [0.25, 0.3) is 17.5 Å². The standard InChI is InChI=1S/C21H18N4O4/c1-13-18-15(19(26)22-9-10-23-20(27)17-8-5-11-28-17)12-16(24-21(18)29-25-13)14-6-3-2-4-7-14/h2-8,11-12H,9-10H2,1H3,(H,22,26)(H,23,27). The van der Waals surface area contributed by atoms with Gasteiger partial charge in [-0.25, -0.2) is 4.98 Å². The summed E-state index contributed by atoms with van der Waals surface area (Å²) in [5, 5.41) is 10.00. The van der Waals surface area contributed by atoms with Crippen LogP contribution in [0.15, 0.2) is 63.7 Å². The van der Waals surface area contributed by atoms with E-state index in [9.17, 15) is 9.59 Å². The second-order valence-electron chi connectivity index (χ2n) is 6.36. The molecule has 0 radical (unpaired) electrons. The Hall–Kier alpha value is -3.94. The van der Waals surface area contributed by atoms with Crippen LogP contribution in [0.25, 0.3) is 22.4 Å². The maximum Gasteiger partial charge on any atom is 0.287 e. The minimum Gasteiger partial charge on any atom is -0.459 e. The molecule has 0 aliphatic carbocycles. The summed E-state index contributed by atoms with van der Waals surface area (Å²) in [4.78, 5) is 29.2. The molecule has 8 nitrogen and oxygen atoms in total. The van der Waals surface area contributed by atoms with Crippen molar-refractivity contribution in [3.05, 3.63) is 71.8 Å². The topological polar surface area (TPSA) is 110 Å². The summed E-state index contributed by atoms with van der Waals surface area (Å²) in [6.45, 7) is 2.27. The first kappa shape index (κ1) is 18.4. The first-order valence-electron chi connectivity index (χ1n) is 9.06. The lowest BCUT2D eigenvalue weighted by atomic mass is 10.1. The van der Waals surface area contributed by atoms with Crippen LogP contribution in [-0.2, 0) is 0 Å². The highest BCUT2D eigenvalue weighted by Crippen LogP contribution is 2.26. The lowest BCUT2D eigenvalue weighted by Gasteiger charge is -2.09. The predicted octanol–water partition coefficient (Wildman–Crippen LogP) is 2.95. The number of hydrogen-bond acceptors (Lipinski definition) is 6. The fourth-order valence-electron chi connectivity index (χ4n) is 2.97. The second-order valence-corrected chi connectivity index (χ2v) is 6.36. The third-order valence-electron chi connectivity index (χ3n) is 4.37. The van der Waals surface area contributed by atoms with Gasteiger partial charge in [0.05, 0.1) is 28.6 Å². The summed E-state index contributed by atoms with van der Waals surface area (Å²) >= 11 is 0. The number of carbonyl (C=O) groups is 2. The van der Waals surface area contributed by atoms with E-state index in [-0.39, 0.29) is 30.7 Å². The van der Waals surface area contributed by atoms with E-state index in [4.69, 9.17) is 8.94 Å². The van der Waals surface area contributed by atoms with Gasteiger partial charge in [-0.3, -0.25) is 9.59 Å². The lowest BCUT2D eigenvalue weighted by Crippen LogP contribution is -2.34. The Bertz CT molecular complexity index is 1150. The largest absolute Gasteiger partial charge is 0.459 e. The van der Waals surface area contributed by atoms with E-state index < -0.39 is 0 Å². The molecule has 4 aromatic rings. The average Bonchev–Trinajstić information content (AvgIpc) is 3.41. The smallest absolute Gasteiger partial charge is 0.287 e. The van der Waals surface area contributed by atoms with E-state index in [1.165, 1.54) is 6.26 Å². The van der Waals surface area contributed by atoms with Crippen LogP contribution in [0.3, 0.4) is 0 Å². The number of hydrogen-bond donors (Lipinski definition) is 2. The summed E-state index contributed by atoms with van der Waals surface area (Å²) in [7, 11) is 0. The van der Waals surface area contributed by atoms with Crippen LogP contribution >= 0.6 is 0 Å².